The Morgan fingerprint density at radius 2 is 1.81 bits per heavy atom. The Kier molecular flexibility index (Phi) is 6.12. The predicted octanol–water partition coefficient (Wildman–Crippen LogP) is 4.13. The van der Waals surface area contributed by atoms with E-state index in [0.717, 1.165) is 18.0 Å². The standard InChI is InChI=1S/C21H24N4S/c1-15-8-9-17(20(12-15)26-3)14-25-21(22-2)24-13-16-10-11-23-19-7-5-4-6-18(16)19/h4-12H,13-14H2,1-3H3,(H2,22,24,25). The number of aromatic nitrogens is 1. The van der Waals surface area contributed by atoms with Crippen LogP contribution >= 0.6 is 11.8 Å². The Labute approximate surface area is 159 Å². The SMILES string of the molecule is CN=C(NCc1ccc(C)cc1SC)NCc1ccnc2ccccc12. The summed E-state index contributed by atoms with van der Waals surface area (Å²) in [5.41, 5.74) is 4.78. The van der Waals surface area contributed by atoms with Gasteiger partial charge in [0.05, 0.1) is 5.52 Å². The quantitative estimate of drug-likeness (QED) is 0.406. The Hall–Kier alpha value is -2.53. The van der Waals surface area contributed by atoms with Crippen LogP contribution < -0.4 is 10.6 Å². The van der Waals surface area contributed by atoms with Crippen LogP contribution in [-0.2, 0) is 13.1 Å². The number of nitrogens with one attached hydrogen (secondary N) is 2. The largest absolute Gasteiger partial charge is 0.352 e. The minimum atomic E-state index is 0.700. The summed E-state index contributed by atoms with van der Waals surface area (Å²) in [5, 5.41) is 7.98. The van der Waals surface area contributed by atoms with Crippen LogP contribution in [0.15, 0.2) is 64.6 Å². The van der Waals surface area contributed by atoms with Crippen molar-refractivity contribution in [1.82, 2.24) is 15.6 Å². The van der Waals surface area contributed by atoms with Gasteiger partial charge in [0.1, 0.15) is 0 Å². The Morgan fingerprint density at radius 3 is 2.58 bits per heavy atom. The first-order chi connectivity index (χ1) is 12.7. The molecule has 0 unspecified atom stereocenters. The van der Waals surface area contributed by atoms with E-state index in [0.29, 0.717) is 6.54 Å². The van der Waals surface area contributed by atoms with E-state index < -0.39 is 0 Å². The fourth-order valence-electron chi connectivity index (χ4n) is 2.89. The molecule has 0 atom stereocenters. The number of pyridine rings is 1. The molecule has 0 amide bonds. The van der Waals surface area contributed by atoms with Gasteiger partial charge in [0.15, 0.2) is 5.96 Å². The molecule has 4 nitrogen and oxygen atoms in total. The van der Waals surface area contributed by atoms with E-state index >= 15 is 0 Å². The molecule has 1 heterocycles. The number of nitrogens with zero attached hydrogens (tertiary/aromatic N) is 2. The van der Waals surface area contributed by atoms with E-state index in [4.69, 9.17) is 0 Å². The van der Waals surface area contributed by atoms with E-state index in [1.54, 1.807) is 18.8 Å². The van der Waals surface area contributed by atoms with Gasteiger partial charge in [-0.25, -0.2) is 0 Å². The first-order valence-electron chi connectivity index (χ1n) is 8.62. The van der Waals surface area contributed by atoms with Gasteiger partial charge in [0.2, 0.25) is 0 Å². The predicted molar refractivity (Wildman–Crippen MR) is 112 cm³/mol. The molecule has 1 aromatic heterocycles. The summed E-state index contributed by atoms with van der Waals surface area (Å²) in [6.45, 7) is 3.57. The third-order valence-electron chi connectivity index (χ3n) is 4.30. The van der Waals surface area contributed by atoms with Crippen LogP contribution in [0.25, 0.3) is 10.9 Å². The monoisotopic (exact) mass is 364 g/mol. The number of aryl methyl sites for hydroxylation is 1. The smallest absolute Gasteiger partial charge is 0.191 e. The summed E-state index contributed by atoms with van der Waals surface area (Å²) in [4.78, 5) is 10.1. The molecular weight excluding hydrogens is 340 g/mol. The number of guanidine groups is 1. The molecule has 5 heteroatoms. The minimum absolute atomic E-state index is 0.700. The average Bonchev–Trinajstić information content (AvgIpc) is 2.68. The highest BCUT2D eigenvalue weighted by atomic mass is 32.2. The number of hydrogen-bond acceptors (Lipinski definition) is 3. The molecule has 0 fully saturated rings. The second-order valence-electron chi connectivity index (χ2n) is 6.08. The first-order valence-corrected chi connectivity index (χ1v) is 9.84. The highest BCUT2D eigenvalue weighted by molar-refractivity contribution is 7.98. The van der Waals surface area contributed by atoms with Crippen LogP contribution in [0, 0.1) is 6.92 Å². The van der Waals surface area contributed by atoms with Crippen molar-refractivity contribution in [1.29, 1.82) is 0 Å². The number of thioether (sulfide) groups is 1. The van der Waals surface area contributed by atoms with Gasteiger partial charge in [-0.3, -0.25) is 9.98 Å². The van der Waals surface area contributed by atoms with Crippen molar-refractivity contribution in [3.63, 3.8) is 0 Å². The van der Waals surface area contributed by atoms with Crippen molar-refractivity contribution in [3.8, 4) is 0 Å². The lowest BCUT2D eigenvalue weighted by Crippen LogP contribution is -2.36. The van der Waals surface area contributed by atoms with E-state index in [9.17, 15) is 0 Å². The van der Waals surface area contributed by atoms with Crippen molar-refractivity contribution in [2.45, 2.75) is 24.9 Å². The zero-order valence-corrected chi connectivity index (χ0v) is 16.2. The molecule has 134 valence electrons. The molecular formula is C21H24N4S. The molecule has 0 aliphatic rings. The van der Waals surface area contributed by atoms with Gasteiger partial charge in [-0.05, 0) is 48.1 Å². The second kappa shape index (κ2) is 8.72. The van der Waals surface area contributed by atoms with Gasteiger partial charge in [-0.15, -0.1) is 11.8 Å². The van der Waals surface area contributed by atoms with Crippen molar-refractivity contribution < 1.29 is 0 Å². The van der Waals surface area contributed by atoms with Crippen LogP contribution in [-0.4, -0.2) is 24.2 Å². The number of hydrogen-bond donors (Lipinski definition) is 2. The Balaban J connectivity index is 1.65. The van der Waals surface area contributed by atoms with Crippen molar-refractivity contribution >= 4 is 28.6 Å². The van der Waals surface area contributed by atoms with E-state index in [1.165, 1.54) is 27.0 Å². The van der Waals surface area contributed by atoms with Gasteiger partial charge < -0.3 is 10.6 Å². The molecule has 0 saturated heterocycles. The first kappa shape index (κ1) is 18.3. The lowest BCUT2D eigenvalue weighted by Gasteiger charge is -2.15. The highest BCUT2D eigenvalue weighted by Gasteiger charge is 2.05. The molecule has 0 saturated carbocycles. The Morgan fingerprint density at radius 1 is 1.04 bits per heavy atom. The minimum Gasteiger partial charge on any atom is -0.352 e. The van der Waals surface area contributed by atoms with Crippen LogP contribution in [0.3, 0.4) is 0 Å². The van der Waals surface area contributed by atoms with E-state index in [2.05, 4.69) is 64.1 Å². The lowest BCUT2D eigenvalue weighted by molar-refractivity contribution is 0.803. The molecule has 2 aromatic carbocycles. The number of aliphatic imine (C=N–C) groups is 1. The summed E-state index contributed by atoms with van der Waals surface area (Å²) in [6.07, 6.45) is 3.96. The van der Waals surface area contributed by atoms with Gasteiger partial charge in [0, 0.05) is 36.6 Å². The maximum atomic E-state index is 4.42. The van der Waals surface area contributed by atoms with E-state index in [1.807, 2.05) is 24.4 Å². The number of para-hydroxylation sites is 1. The summed E-state index contributed by atoms with van der Waals surface area (Å²) in [5.74, 6) is 0.790. The van der Waals surface area contributed by atoms with Crippen LogP contribution in [0.2, 0.25) is 0 Å². The second-order valence-corrected chi connectivity index (χ2v) is 6.93. The van der Waals surface area contributed by atoms with Crippen LogP contribution in [0.5, 0.6) is 0 Å². The molecule has 0 aliphatic heterocycles. The summed E-state index contributed by atoms with van der Waals surface area (Å²) in [6, 6.07) is 16.8. The number of benzene rings is 2. The maximum absolute atomic E-state index is 4.42. The number of fused-ring (bicyclic) bond motifs is 1. The fraction of sp³-hybridized carbons (Fsp3) is 0.238. The summed E-state index contributed by atoms with van der Waals surface area (Å²) >= 11 is 1.77. The normalized spacial score (nSPS) is 11.6. The summed E-state index contributed by atoms with van der Waals surface area (Å²) in [7, 11) is 1.80. The molecule has 3 aromatic rings. The molecule has 26 heavy (non-hydrogen) atoms. The lowest BCUT2D eigenvalue weighted by atomic mass is 10.1. The zero-order chi connectivity index (χ0) is 18.4. The third-order valence-corrected chi connectivity index (χ3v) is 5.12. The third kappa shape index (κ3) is 4.35. The maximum Gasteiger partial charge on any atom is 0.191 e. The van der Waals surface area contributed by atoms with Gasteiger partial charge in [-0.2, -0.15) is 0 Å². The fourth-order valence-corrected chi connectivity index (χ4v) is 3.59. The molecule has 3 rings (SSSR count). The van der Waals surface area contributed by atoms with Gasteiger partial charge >= 0.3 is 0 Å². The molecule has 0 bridgehead atoms. The molecule has 2 N–H and O–H groups in total. The van der Waals surface area contributed by atoms with Crippen LogP contribution in [0.1, 0.15) is 16.7 Å². The van der Waals surface area contributed by atoms with Crippen LogP contribution in [0.4, 0.5) is 0 Å². The number of rotatable bonds is 5. The van der Waals surface area contributed by atoms with Gasteiger partial charge in [0.25, 0.3) is 0 Å². The topological polar surface area (TPSA) is 49.3 Å². The highest BCUT2D eigenvalue weighted by Crippen LogP contribution is 2.21. The van der Waals surface area contributed by atoms with Gasteiger partial charge in [-0.1, -0.05) is 30.3 Å². The Bertz CT molecular complexity index is 916. The van der Waals surface area contributed by atoms with Crippen molar-refractivity contribution in [2.75, 3.05) is 13.3 Å². The zero-order valence-electron chi connectivity index (χ0n) is 15.4. The summed E-state index contributed by atoms with van der Waals surface area (Å²) < 4.78 is 0. The molecule has 0 radical (unpaired) electrons. The molecule has 0 spiro atoms. The molecule has 0 aliphatic carbocycles. The van der Waals surface area contributed by atoms with E-state index in [-0.39, 0.29) is 0 Å². The van der Waals surface area contributed by atoms with Crippen molar-refractivity contribution in [2.24, 2.45) is 4.99 Å². The van der Waals surface area contributed by atoms with Crippen molar-refractivity contribution in [3.05, 3.63) is 71.4 Å². The average molecular weight is 365 g/mol.